The van der Waals surface area contributed by atoms with Crippen molar-refractivity contribution in [1.82, 2.24) is 14.6 Å². The highest BCUT2D eigenvalue weighted by Gasteiger charge is 2.10. The van der Waals surface area contributed by atoms with Crippen molar-refractivity contribution >= 4 is 11.5 Å². The van der Waals surface area contributed by atoms with Crippen molar-refractivity contribution in [3.63, 3.8) is 0 Å². The molecule has 108 valence electrons. The van der Waals surface area contributed by atoms with Crippen LogP contribution >= 0.6 is 0 Å². The molecule has 5 nitrogen and oxygen atoms in total. The molecule has 0 aliphatic carbocycles. The van der Waals surface area contributed by atoms with E-state index in [0.717, 1.165) is 41.3 Å². The molecule has 0 spiro atoms. The van der Waals surface area contributed by atoms with E-state index in [4.69, 9.17) is 5.84 Å². The first-order valence-corrected chi connectivity index (χ1v) is 7.14. The van der Waals surface area contributed by atoms with Gasteiger partial charge in [-0.2, -0.15) is 9.61 Å². The Kier molecular flexibility index (Phi) is 3.58. The van der Waals surface area contributed by atoms with Gasteiger partial charge in [0, 0.05) is 23.4 Å². The molecule has 0 bridgehead atoms. The average Bonchev–Trinajstić information content (AvgIpc) is 2.91. The van der Waals surface area contributed by atoms with E-state index in [1.54, 1.807) is 4.52 Å². The highest BCUT2D eigenvalue weighted by molar-refractivity contribution is 5.66. The van der Waals surface area contributed by atoms with Crippen molar-refractivity contribution in [2.24, 2.45) is 5.84 Å². The van der Waals surface area contributed by atoms with Crippen molar-refractivity contribution < 1.29 is 0 Å². The zero-order chi connectivity index (χ0) is 14.8. The second-order valence-electron chi connectivity index (χ2n) is 5.20. The fraction of sp³-hybridized carbons (Fsp3) is 0.250. The van der Waals surface area contributed by atoms with Gasteiger partial charge in [-0.1, -0.05) is 37.1 Å². The van der Waals surface area contributed by atoms with Crippen molar-refractivity contribution in [1.29, 1.82) is 0 Å². The van der Waals surface area contributed by atoms with E-state index in [9.17, 15) is 0 Å². The van der Waals surface area contributed by atoms with Crippen molar-refractivity contribution in [2.75, 3.05) is 5.43 Å². The molecule has 1 aromatic carbocycles. The van der Waals surface area contributed by atoms with Crippen LogP contribution in [0.15, 0.2) is 36.4 Å². The number of nitrogen functional groups attached to an aromatic ring is 1. The van der Waals surface area contributed by atoms with Crippen molar-refractivity contribution in [3.8, 4) is 11.3 Å². The molecule has 2 aromatic heterocycles. The van der Waals surface area contributed by atoms with Crippen molar-refractivity contribution in [2.45, 2.75) is 26.7 Å². The number of nitrogens with one attached hydrogen (secondary N) is 1. The van der Waals surface area contributed by atoms with Crippen LogP contribution in [0.2, 0.25) is 0 Å². The zero-order valence-electron chi connectivity index (χ0n) is 12.3. The third kappa shape index (κ3) is 2.60. The summed E-state index contributed by atoms with van der Waals surface area (Å²) in [5, 5.41) is 4.61. The van der Waals surface area contributed by atoms with E-state index in [-0.39, 0.29) is 0 Å². The summed E-state index contributed by atoms with van der Waals surface area (Å²) in [6, 6.07) is 12.2. The molecule has 0 aliphatic rings. The number of benzene rings is 1. The van der Waals surface area contributed by atoms with Crippen LogP contribution in [0.5, 0.6) is 0 Å². The van der Waals surface area contributed by atoms with E-state index >= 15 is 0 Å². The number of hydrazine groups is 1. The summed E-state index contributed by atoms with van der Waals surface area (Å²) in [5.41, 5.74) is 7.73. The van der Waals surface area contributed by atoms with Crippen LogP contribution in [-0.2, 0) is 6.42 Å². The highest BCUT2D eigenvalue weighted by atomic mass is 15.4. The van der Waals surface area contributed by atoms with Crippen LogP contribution in [0.1, 0.15) is 24.6 Å². The van der Waals surface area contributed by atoms with Crippen molar-refractivity contribution in [3.05, 3.63) is 47.7 Å². The lowest BCUT2D eigenvalue weighted by atomic mass is 10.1. The normalized spacial score (nSPS) is 11.0. The topological polar surface area (TPSA) is 68.2 Å². The molecule has 0 saturated heterocycles. The summed E-state index contributed by atoms with van der Waals surface area (Å²) < 4.78 is 1.75. The molecule has 0 amide bonds. The molecule has 5 heteroatoms. The molecule has 0 aliphatic heterocycles. The molecule has 0 unspecified atom stereocenters. The Morgan fingerprint density at radius 2 is 2.10 bits per heavy atom. The third-order valence-electron chi connectivity index (χ3n) is 3.45. The monoisotopic (exact) mass is 281 g/mol. The molecular weight excluding hydrogens is 262 g/mol. The van der Waals surface area contributed by atoms with E-state index < -0.39 is 0 Å². The number of fused-ring (bicyclic) bond motifs is 1. The summed E-state index contributed by atoms with van der Waals surface area (Å²) in [7, 11) is 0. The van der Waals surface area contributed by atoms with E-state index in [0.29, 0.717) is 0 Å². The molecule has 0 radical (unpaired) electrons. The maximum Gasteiger partial charge on any atom is 0.158 e. The smallest absolute Gasteiger partial charge is 0.158 e. The summed E-state index contributed by atoms with van der Waals surface area (Å²) in [4.78, 5) is 4.65. The molecular formula is C16H19N5. The Bertz CT molecular complexity index is 775. The highest BCUT2D eigenvalue weighted by Crippen LogP contribution is 2.22. The minimum absolute atomic E-state index is 0.752. The van der Waals surface area contributed by atoms with Crippen LogP contribution in [-0.4, -0.2) is 14.6 Å². The zero-order valence-corrected chi connectivity index (χ0v) is 12.3. The Hall–Kier alpha value is -2.40. The molecule has 0 saturated carbocycles. The second kappa shape index (κ2) is 5.54. The first-order chi connectivity index (χ1) is 10.2. The number of hydrogen-bond acceptors (Lipinski definition) is 4. The maximum atomic E-state index is 5.61. The van der Waals surface area contributed by atoms with Gasteiger partial charge in [0.2, 0.25) is 0 Å². The van der Waals surface area contributed by atoms with Crippen LogP contribution in [0, 0.1) is 6.92 Å². The predicted molar refractivity (Wildman–Crippen MR) is 85.0 cm³/mol. The van der Waals surface area contributed by atoms with Gasteiger partial charge in [0.05, 0.1) is 5.69 Å². The largest absolute Gasteiger partial charge is 0.308 e. The van der Waals surface area contributed by atoms with E-state index in [1.807, 2.05) is 18.2 Å². The second-order valence-corrected chi connectivity index (χ2v) is 5.20. The van der Waals surface area contributed by atoms with Gasteiger partial charge in [-0.3, -0.25) is 0 Å². The fourth-order valence-electron chi connectivity index (χ4n) is 2.46. The van der Waals surface area contributed by atoms with Gasteiger partial charge < -0.3 is 5.43 Å². The lowest BCUT2D eigenvalue weighted by molar-refractivity contribution is 0.859. The SMILES string of the molecule is CCCc1cc(NN)n2nc(-c3cccc(C)c3)cc2n1. The Morgan fingerprint density at radius 3 is 2.81 bits per heavy atom. The van der Waals surface area contributed by atoms with Crippen LogP contribution in [0.25, 0.3) is 16.9 Å². The predicted octanol–water partition coefficient (Wildman–Crippen LogP) is 2.94. The number of aryl methyl sites for hydroxylation is 2. The quantitative estimate of drug-likeness (QED) is 0.570. The number of anilines is 1. The maximum absolute atomic E-state index is 5.61. The summed E-state index contributed by atoms with van der Waals surface area (Å²) in [6.45, 7) is 4.21. The number of rotatable bonds is 4. The van der Waals surface area contributed by atoms with Gasteiger partial charge in [-0.05, 0) is 19.4 Å². The van der Waals surface area contributed by atoms with Gasteiger partial charge in [-0.25, -0.2) is 10.8 Å². The summed E-state index contributed by atoms with van der Waals surface area (Å²) in [6.07, 6.45) is 1.97. The first kappa shape index (κ1) is 13.6. The standard InChI is InChI=1S/C16H19N5/c1-3-5-13-9-16(19-17)21-15(18-13)10-14(20-21)12-7-4-6-11(2)8-12/h4,6-10,19H,3,5,17H2,1-2H3. The lowest BCUT2D eigenvalue weighted by Crippen LogP contribution is -2.13. The molecule has 3 rings (SSSR count). The fourth-order valence-corrected chi connectivity index (χ4v) is 2.46. The van der Waals surface area contributed by atoms with Gasteiger partial charge >= 0.3 is 0 Å². The minimum atomic E-state index is 0.752. The number of hydrogen-bond donors (Lipinski definition) is 2. The molecule has 0 atom stereocenters. The van der Waals surface area contributed by atoms with Crippen LogP contribution < -0.4 is 11.3 Å². The van der Waals surface area contributed by atoms with Crippen LogP contribution in [0.4, 0.5) is 5.82 Å². The summed E-state index contributed by atoms with van der Waals surface area (Å²) in [5.74, 6) is 6.37. The van der Waals surface area contributed by atoms with Gasteiger partial charge in [0.25, 0.3) is 0 Å². The molecule has 2 heterocycles. The number of aromatic nitrogens is 3. The minimum Gasteiger partial charge on any atom is -0.308 e. The van der Waals surface area contributed by atoms with Crippen LogP contribution in [0.3, 0.4) is 0 Å². The van der Waals surface area contributed by atoms with Gasteiger partial charge in [0.1, 0.15) is 5.82 Å². The summed E-state index contributed by atoms with van der Waals surface area (Å²) >= 11 is 0. The van der Waals surface area contributed by atoms with Gasteiger partial charge in [0.15, 0.2) is 5.65 Å². The van der Waals surface area contributed by atoms with E-state index in [2.05, 4.69) is 47.6 Å². The first-order valence-electron chi connectivity index (χ1n) is 7.14. The Morgan fingerprint density at radius 1 is 1.24 bits per heavy atom. The Balaban J connectivity index is 2.14. The average molecular weight is 281 g/mol. The molecule has 3 aromatic rings. The third-order valence-corrected chi connectivity index (χ3v) is 3.45. The van der Waals surface area contributed by atoms with Gasteiger partial charge in [-0.15, -0.1) is 0 Å². The Labute approximate surface area is 123 Å². The molecule has 0 fully saturated rings. The molecule has 3 N–H and O–H groups in total. The number of nitrogens with two attached hydrogens (primary N) is 1. The van der Waals surface area contributed by atoms with E-state index in [1.165, 1.54) is 5.56 Å². The lowest BCUT2D eigenvalue weighted by Gasteiger charge is -2.06. The number of nitrogens with zero attached hydrogens (tertiary/aromatic N) is 3. The molecule has 21 heavy (non-hydrogen) atoms.